The minimum Gasteiger partial charge on any atom is -0.371 e. The van der Waals surface area contributed by atoms with Crippen LogP contribution in [0.4, 0.5) is 10.1 Å². The monoisotopic (exact) mass is 291 g/mol. The molecule has 2 aliphatic heterocycles. The summed E-state index contributed by atoms with van der Waals surface area (Å²) in [5, 5.41) is 6.20. The number of fused-ring (bicyclic) bond motifs is 1. The number of hydrogen-bond donors (Lipinski definition) is 2. The van der Waals surface area contributed by atoms with Crippen LogP contribution in [0.5, 0.6) is 0 Å². The number of benzene rings is 1. The van der Waals surface area contributed by atoms with Crippen molar-refractivity contribution in [2.24, 2.45) is 5.92 Å². The third-order valence-corrected chi connectivity index (χ3v) is 4.57. The molecule has 2 N–H and O–H groups in total. The van der Waals surface area contributed by atoms with Crippen molar-refractivity contribution >= 4 is 11.6 Å². The third-order valence-electron chi connectivity index (χ3n) is 4.57. The van der Waals surface area contributed by atoms with Gasteiger partial charge < -0.3 is 15.5 Å². The second-order valence-corrected chi connectivity index (χ2v) is 6.01. The third kappa shape index (κ3) is 3.02. The Hall–Kier alpha value is -1.62. The Morgan fingerprint density at radius 3 is 3.10 bits per heavy atom. The van der Waals surface area contributed by atoms with Gasteiger partial charge in [0.1, 0.15) is 5.82 Å². The standard InChI is InChI=1S/C16H22FN3O/c1-18-9-12-8-13(17)3-4-15(12)20-7-6-14-11(10-20)2-5-16(21)19-14/h3-4,8,11,14,18H,2,5-7,9-10H2,1H3,(H,19,21). The fourth-order valence-corrected chi connectivity index (χ4v) is 3.52. The molecule has 2 fully saturated rings. The number of nitrogens with one attached hydrogen (secondary N) is 2. The average Bonchev–Trinajstić information content (AvgIpc) is 2.47. The Labute approximate surface area is 124 Å². The van der Waals surface area contributed by atoms with E-state index in [0.29, 0.717) is 24.9 Å². The zero-order chi connectivity index (χ0) is 14.8. The van der Waals surface area contributed by atoms with Crippen LogP contribution in [0.15, 0.2) is 18.2 Å². The lowest BCUT2D eigenvalue weighted by atomic mass is 9.85. The first kappa shape index (κ1) is 14.3. The van der Waals surface area contributed by atoms with Gasteiger partial charge in [-0.1, -0.05) is 0 Å². The van der Waals surface area contributed by atoms with Crippen molar-refractivity contribution in [3.05, 3.63) is 29.6 Å². The van der Waals surface area contributed by atoms with Crippen molar-refractivity contribution in [3.63, 3.8) is 0 Å². The van der Waals surface area contributed by atoms with Crippen LogP contribution in [0.25, 0.3) is 0 Å². The van der Waals surface area contributed by atoms with E-state index in [4.69, 9.17) is 0 Å². The summed E-state index contributed by atoms with van der Waals surface area (Å²) in [6.45, 7) is 2.51. The van der Waals surface area contributed by atoms with E-state index in [-0.39, 0.29) is 11.7 Å². The van der Waals surface area contributed by atoms with Crippen LogP contribution in [0.3, 0.4) is 0 Å². The van der Waals surface area contributed by atoms with Gasteiger partial charge in [0.25, 0.3) is 0 Å². The maximum atomic E-state index is 13.5. The van der Waals surface area contributed by atoms with Crippen molar-refractivity contribution in [1.82, 2.24) is 10.6 Å². The second kappa shape index (κ2) is 6.02. The van der Waals surface area contributed by atoms with Crippen LogP contribution in [-0.4, -0.2) is 32.1 Å². The highest BCUT2D eigenvalue weighted by Gasteiger charge is 2.34. The molecule has 5 heteroatoms. The van der Waals surface area contributed by atoms with Crippen LogP contribution in [0, 0.1) is 11.7 Å². The molecular formula is C16H22FN3O. The molecule has 4 nitrogen and oxygen atoms in total. The zero-order valence-electron chi connectivity index (χ0n) is 12.4. The molecule has 1 aromatic carbocycles. The lowest BCUT2D eigenvalue weighted by Gasteiger charge is -2.43. The number of carbonyl (C=O) groups excluding carboxylic acids is 1. The molecule has 0 spiro atoms. The molecule has 2 aliphatic rings. The summed E-state index contributed by atoms with van der Waals surface area (Å²) in [5.74, 6) is 0.495. The molecule has 0 aromatic heterocycles. The molecule has 1 amide bonds. The Bertz CT molecular complexity index is 534. The summed E-state index contributed by atoms with van der Waals surface area (Å²) in [7, 11) is 1.87. The fraction of sp³-hybridized carbons (Fsp3) is 0.562. The number of piperidine rings is 2. The lowest BCUT2D eigenvalue weighted by Crippen LogP contribution is -2.54. The smallest absolute Gasteiger partial charge is 0.220 e. The van der Waals surface area contributed by atoms with E-state index in [1.54, 1.807) is 6.07 Å². The highest BCUT2D eigenvalue weighted by atomic mass is 19.1. The molecule has 0 radical (unpaired) electrons. The molecule has 3 rings (SSSR count). The number of rotatable bonds is 3. The summed E-state index contributed by atoms with van der Waals surface area (Å²) in [6, 6.07) is 5.34. The molecule has 21 heavy (non-hydrogen) atoms. The lowest BCUT2D eigenvalue weighted by molar-refractivity contribution is -0.124. The SMILES string of the molecule is CNCc1cc(F)ccc1N1CCC2NC(=O)CCC2C1. The predicted molar refractivity (Wildman–Crippen MR) is 80.6 cm³/mol. The van der Waals surface area contributed by atoms with E-state index in [0.717, 1.165) is 37.2 Å². The van der Waals surface area contributed by atoms with Gasteiger partial charge >= 0.3 is 0 Å². The minimum absolute atomic E-state index is 0.183. The summed E-state index contributed by atoms with van der Waals surface area (Å²) < 4.78 is 13.5. The van der Waals surface area contributed by atoms with Gasteiger partial charge in [-0.25, -0.2) is 4.39 Å². The molecule has 2 atom stereocenters. The Morgan fingerprint density at radius 2 is 2.29 bits per heavy atom. The first-order chi connectivity index (χ1) is 10.2. The van der Waals surface area contributed by atoms with Gasteiger partial charge in [-0.3, -0.25) is 4.79 Å². The molecule has 0 bridgehead atoms. The van der Waals surface area contributed by atoms with Crippen molar-refractivity contribution in [1.29, 1.82) is 0 Å². The molecule has 0 saturated carbocycles. The van der Waals surface area contributed by atoms with Crippen molar-refractivity contribution in [3.8, 4) is 0 Å². The van der Waals surface area contributed by atoms with E-state index in [2.05, 4.69) is 15.5 Å². The molecule has 114 valence electrons. The van der Waals surface area contributed by atoms with Crippen LogP contribution < -0.4 is 15.5 Å². The van der Waals surface area contributed by atoms with Gasteiger partial charge in [-0.15, -0.1) is 0 Å². The zero-order valence-corrected chi connectivity index (χ0v) is 12.4. The van der Waals surface area contributed by atoms with Gasteiger partial charge in [-0.05, 0) is 49.6 Å². The summed E-state index contributed by atoms with van der Waals surface area (Å²) in [5.41, 5.74) is 2.11. The first-order valence-corrected chi connectivity index (χ1v) is 7.64. The fourth-order valence-electron chi connectivity index (χ4n) is 3.52. The van der Waals surface area contributed by atoms with Gasteiger partial charge in [0.2, 0.25) is 5.91 Å². The van der Waals surface area contributed by atoms with Crippen LogP contribution in [0.1, 0.15) is 24.8 Å². The summed E-state index contributed by atoms with van der Waals surface area (Å²) >= 11 is 0. The maximum Gasteiger partial charge on any atom is 0.220 e. The quantitative estimate of drug-likeness (QED) is 0.890. The van der Waals surface area contributed by atoms with Gasteiger partial charge in [-0.2, -0.15) is 0 Å². The Kier molecular flexibility index (Phi) is 4.10. The molecular weight excluding hydrogens is 269 g/mol. The molecule has 2 saturated heterocycles. The molecule has 1 aromatic rings. The van der Waals surface area contributed by atoms with Crippen molar-refractivity contribution in [2.45, 2.75) is 31.8 Å². The molecule has 2 heterocycles. The number of anilines is 1. The van der Waals surface area contributed by atoms with Crippen LogP contribution >= 0.6 is 0 Å². The first-order valence-electron chi connectivity index (χ1n) is 7.64. The van der Waals surface area contributed by atoms with Gasteiger partial charge in [0.05, 0.1) is 0 Å². The van der Waals surface area contributed by atoms with Gasteiger partial charge in [0, 0.05) is 37.8 Å². The Morgan fingerprint density at radius 1 is 1.43 bits per heavy atom. The largest absolute Gasteiger partial charge is 0.371 e. The maximum absolute atomic E-state index is 13.5. The van der Waals surface area contributed by atoms with Crippen molar-refractivity contribution < 1.29 is 9.18 Å². The van der Waals surface area contributed by atoms with Crippen LogP contribution in [0.2, 0.25) is 0 Å². The molecule has 2 unspecified atom stereocenters. The van der Waals surface area contributed by atoms with E-state index in [1.165, 1.54) is 6.07 Å². The number of carbonyl (C=O) groups is 1. The average molecular weight is 291 g/mol. The molecule has 0 aliphatic carbocycles. The minimum atomic E-state index is -0.191. The highest BCUT2D eigenvalue weighted by molar-refractivity contribution is 5.77. The van der Waals surface area contributed by atoms with Gasteiger partial charge in [0.15, 0.2) is 0 Å². The van der Waals surface area contributed by atoms with E-state index in [9.17, 15) is 9.18 Å². The Balaban J connectivity index is 1.77. The van der Waals surface area contributed by atoms with Crippen molar-refractivity contribution in [2.75, 3.05) is 25.0 Å². The van der Waals surface area contributed by atoms with Crippen LogP contribution in [-0.2, 0) is 11.3 Å². The topological polar surface area (TPSA) is 44.4 Å². The highest BCUT2D eigenvalue weighted by Crippen LogP contribution is 2.30. The number of hydrogen-bond acceptors (Lipinski definition) is 3. The normalized spacial score (nSPS) is 25.4. The van der Waals surface area contributed by atoms with E-state index in [1.807, 2.05) is 13.1 Å². The van der Waals surface area contributed by atoms with E-state index >= 15 is 0 Å². The number of amides is 1. The predicted octanol–water partition coefficient (Wildman–Crippen LogP) is 1.65. The number of nitrogens with zero attached hydrogens (tertiary/aromatic N) is 1. The number of halogens is 1. The second-order valence-electron chi connectivity index (χ2n) is 6.01. The summed E-state index contributed by atoms with van der Waals surface area (Å²) in [4.78, 5) is 13.8. The van der Waals surface area contributed by atoms with E-state index < -0.39 is 0 Å². The summed E-state index contributed by atoms with van der Waals surface area (Å²) in [6.07, 6.45) is 2.55.